The van der Waals surface area contributed by atoms with Crippen LogP contribution in [0.4, 0.5) is 37.8 Å². The van der Waals surface area contributed by atoms with Crippen molar-refractivity contribution in [3.8, 4) is 11.6 Å². The summed E-state index contributed by atoms with van der Waals surface area (Å²) in [7, 11) is 0. The van der Waals surface area contributed by atoms with Crippen molar-refractivity contribution in [1.82, 2.24) is 15.2 Å². The van der Waals surface area contributed by atoms with Crippen molar-refractivity contribution >= 4 is 11.5 Å². The first-order valence-corrected chi connectivity index (χ1v) is 12.5. The minimum atomic E-state index is -5.11. The van der Waals surface area contributed by atoms with Crippen LogP contribution in [-0.2, 0) is 23.1 Å². The molecule has 1 aromatic carbocycles. The molecule has 0 spiro atoms. The highest BCUT2D eigenvalue weighted by Gasteiger charge is 2.61. The van der Waals surface area contributed by atoms with Gasteiger partial charge in [-0.1, -0.05) is 56.3 Å². The predicted octanol–water partition coefficient (Wildman–Crippen LogP) is 7.21. The number of allylic oxidation sites excluding steroid dienone is 1. The Bertz CT molecular complexity index is 1410. The van der Waals surface area contributed by atoms with Gasteiger partial charge in [0.2, 0.25) is 11.3 Å². The monoisotopic (exact) mass is 585 g/mol. The highest BCUT2D eigenvalue weighted by Crippen LogP contribution is 2.47. The molecule has 0 aliphatic carbocycles. The van der Waals surface area contributed by atoms with Crippen molar-refractivity contribution < 1.29 is 40.4 Å². The first kappa shape index (κ1) is 30.0. The lowest BCUT2D eigenvalue weighted by Crippen LogP contribution is -2.45. The number of nitrogens with one attached hydrogen (secondary N) is 1. The van der Waals surface area contributed by atoms with E-state index in [1.807, 2.05) is 0 Å². The molecule has 1 aliphatic rings. The summed E-state index contributed by atoms with van der Waals surface area (Å²) in [5.74, 6) is -2.94. The van der Waals surface area contributed by atoms with Gasteiger partial charge in [-0.2, -0.15) is 26.3 Å². The van der Waals surface area contributed by atoms with Gasteiger partial charge < -0.3 is 14.5 Å². The van der Waals surface area contributed by atoms with Gasteiger partial charge in [0.25, 0.3) is 11.8 Å². The Balaban J connectivity index is 1.93. The van der Waals surface area contributed by atoms with Crippen molar-refractivity contribution in [1.29, 1.82) is 0 Å². The third-order valence-electron chi connectivity index (χ3n) is 6.61. The molecule has 41 heavy (non-hydrogen) atoms. The van der Waals surface area contributed by atoms with Gasteiger partial charge in [-0.3, -0.25) is 10.1 Å². The van der Waals surface area contributed by atoms with Crippen LogP contribution in [-0.4, -0.2) is 32.3 Å². The van der Waals surface area contributed by atoms with Crippen LogP contribution in [0.15, 0.2) is 53.0 Å². The number of benzene rings is 1. The van der Waals surface area contributed by atoms with E-state index in [9.17, 15) is 36.5 Å². The molecule has 0 amide bonds. The van der Waals surface area contributed by atoms with E-state index in [1.165, 1.54) is 12.2 Å². The number of fused-ring (bicyclic) bond motifs is 5. The van der Waals surface area contributed by atoms with Crippen LogP contribution in [0.1, 0.15) is 50.1 Å². The molecular formula is C26H25F6N5O4. The van der Waals surface area contributed by atoms with Crippen molar-refractivity contribution in [3.05, 3.63) is 75.7 Å². The highest BCUT2D eigenvalue weighted by atomic mass is 19.4. The number of aromatic nitrogens is 3. The third-order valence-corrected chi connectivity index (χ3v) is 6.61. The minimum Gasteiger partial charge on any atom is -0.415 e. The maximum atomic E-state index is 14.8. The lowest BCUT2D eigenvalue weighted by Gasteiger charge is -2.31. The molecule has 4 rings (SSSR count). The lowest BCUT2D eigenvalue weighted by molar-refractivity contribution is -0.384. The zero-order valence-electron chi connectivity index (χ0n) is 21.8. The van der Waals surface area contributed by atoms with Gasteiger partial charge in [-0.25, -0.2) is 4.98 Å². The van der Waals surface area contributed by atoms with Gasteiger partial charge >= 0.3 is 18.0 Å². The Labute approximate surface area is 229 Å². The Hall–Kier alpha value is -4.01. The topological polar surface area (TPSA) is 116 Å². The second-order valence-electron chi connectivity index (χ2n) is 9.77. The van der Waals surface area contributed by atoms with Crippen molar-refractivity contribution in [2.45, 2.75) is 63.7 Å². The Morgan fingerprint density at radius 2 is 1.85 bits per heavy atom. The number of ether oxygens (including phenoxy) is 1. The summed E-state index contributed by atoms with van der Waals surface area (Å²) in [6, 6.07) is 7.64. The van der Waals surface area contributed by atoms with Crippen LogP contribution in [0.25, 0.3) is 11.6 Å². The molecule has 1 unspecified atom stereocenters. The molecule has 9 nitrogen and oxygen atoms in total. The van der Waals surface area contributed by atoms with Crippen molar-refractivity contribution in [2.75, 3.05) is 5.32 Å². The summed E-state index contributed by atoms with van der Waals surface area (Å²) < 4.78 is 96.9. The Kier molecular flexibility index (Phi) is 8.38. The van der Waals surface area contributed by atoms with Crippen LogP contribution < -0.4 is 5.32 Å². The van der Waals surface area contributed by atoms with E-state index in [1.54, 1.807) is 44.2 Å². The first-order valence-electron chi connectivity index (χ1n) is 12.5. The number of anilines is 1. The number of nitro groups is 1. The van der Waals surface area contributed by atoms with Crippen LogP contribution in [0.5, 0.6) is 0 Å². The molecular weight excluding hydrogens is 560 g/mol. The normalized spacial score (nSPS) is 20.8. The molecule has 1 aliphatic heterocycles. The van der Waals surface area contributed by atoms with Crippen LogP contribution in [0.3, 0.4) is 0 Å². The van der Waals surface area contributed by atoms with E-state index in [0.717, 1.165) is 0 Å². The molecule has 15 heteroatoms. The van der Waals surface area contributed by atoms with Crippen LogP contribution in [0, 0.1) is 16.0 Å². The fraction of sp³-hybridized carbons (Fsp3) is 0.423. The predicted molar refractivity (Wildman–Crippen MR) is 133 cm³/mol. The molecule has 0 saturated carbocycles. The van der Waals surface area contributed by atoms with Gasteiger partial charge in [0.05, 0.1) is 11.5 Å². The Morgan fingerprint density at radius 3 is 2.46 bits per heavy atom. The molecule has 0 saturated heterocycles. The number of halogens is 6. The van der Waals surface area contributed by atoms with E-state index < -0.39 is 76.5 Å². The summed E-state index contributed by atoms with van der Waals surface area (Å²) in [5, 5.41) is 21.5. The third kappa shape index (κ3) is 6.34. The summed E-state index contributed by atoms with van der Waals surface area (Å²) in [6.45, 7) is 2.97. The van der Waals surface area contributed by atoms with Crippen molar-refractivity contribution in [2.24, 2.45) is 5.92 Å². The zero-order chi connectivity index (χ0) is 30.0. The average Bonchev–Trinajstić information content (AvgIpc) is 3.38. The lowest BCUT2D eigenvalue weighted by atomic mass is 9.96. The quantitative estimate of drug-likeness (QED) is 0.145. The van der Waals surface area contributed by atoms with E-state index in [0.29, 0.717) is 5.56 Å². The molecule has 4 bridgehead atoms. The summed E-state index contributed by atoms with van der Waals surface area (Å²) in [4.78, 5) is 14.4. The number of hydrogen-bond acceptors (Lipinski definition) is 8. The maximum Gasteiger partial charge on any atom is 0.426 e. The van der Waals surface area contributed by atoms with Gasteiger partial charge in [0.15, 0.2) is 0 Å². The van der Waals surface area contributed by atoms with E-state index in [2.05, 4.69) is 20.5 Å². The number of nitrogens with zero attached hydrogens (tertiary/aromatic N) is 4. The fourth-order valence-electron chi connectivity index (χ4n) is 4.31. The SMILES string of the molecule is CC(C)C1CC/C=C\C[C@](OCc2ccccc2)(C(F)(F)F)c2nnc(o2)-c2nc(c(C(F)(F)F)cc2[N+](=O)[O-])N1. The van der Waals surface area contributed by atoms with Crippen molar-refractivity contribution in [3.63, 3.8) is 0 Å². The fourth-order valence-corrected chi connectivity index (χ4v) is 4.31. The number of rotatable bonds is 5. The molecule has 3 aromatic rings. The van der Waals surface area contributed by atoms with Gasteiger partial charge in [0, 0.05) is 18.5 Å². The summed E-state index contributed by atoms with van der Waals surface area (Å²) in [6.07, 6.45) is -7.82. The summed E-state index contributed by atoms with van der Waals surface area (Å²) in [5.41, 5.74) is -6.17. The van der Waals surface area contributed by atoms with E-state index in [4.69, 9.17) is 9.15 Å². The van der Waals surface area contributed by atoms with Gasteiger partial charge in [-0.05, 0) is 24.3 Å². The highest BCUT2D eigenvalue weighted by molar-refractivity contribution is 5.68. The van der Waals surface area contributed by atoms with Gasteiger partial charge in [0.1, 0.15) is 11.4 Å². The number of alkyl halides is 6. The van der Waals surface area contributed by atoms with Crippen LogP contribution in [0.2, 0.25) is 0 Å². The zero-order valence-corrected chi connectivity index (χ0v) is 21.8. The smallest absolute Gasteiger partial charge is 0.415 e. The molecule has 1 N–H and O–H groups in total. The second-order valence-corrected chi connectivity index (χ2v) is 9.77. The van der Waals surface area contributed by atoms with E-state index >= 15 is 0 Å². The second kappa shape index (κ2) is 11.5. The first-order chi connectivity index (χ1) is 19.2. The summed E-state index contributed by atoms with van der Waals surface area (Å²) >= 11 is 0. The largest absolute Gasteiger partial charge is 0.426 e. The molecule has 3 heterocycles. The molecule has 0 fully saturated rings. The standard InChI is InChI=1S/C26H25F6N5O4/c1-15(2)18-11-7-4-8-12-24(26(30,31)32,40-14-16-9-5-3-6-10-16)23-36-35-22(41-23)20-19(37(38)39)13-17(25(27,28)29)21(33-18)34-20/h3-6,8-10,13,15,18H,7,11-12,14H2,1-2H3,(H,33,34)/b8-4-/t18?,24-/m1/s1. The Morgan fingerprint density at radius 1 is 1.15 bits per heavy atom. The number of pyridine rings is 1. The van der Waals surface area contributed by atoms with Crippen LogP contribution >= 0.6 is 0 Å². The number of hydrogen-bond donors (Lipinski definition) is 1. The average molecular weight is 586 g/mol. The molecule has 2 aromatic heterocycles. The minimum absolute atomic E-state index is 0.193. The molecule has 0 radical (unpaired) electrons. The molecule has 2 atom stereocenters. The van der Waals surface area contributed by atoms with E-state index in [-0.39, 0.29) is 24.8 Å². The van der Waals surface area contributed by atoms with Gasteiger partial charge in [-0.15, -0.1) is 10.2 Å². The molecule has 220 valence electrons. The maximum absolute atomic E-state index is 14.8.